The highest BCUT2D eigenvalue weighted by Gasteiger charge is 2.22. The summed E-state index contributed by atoms with van der Waals surface area (Å²) in [6.45, 7) is 4.42. The summed E-state index contributed by atoms with van der Waals surface area (Å²) in [5, 5.41) is 4.75. The first kappa shape index (κ1) is 11.3. The first-order valence-corrected chi connectivity index (χ1v) is 7.09. The third-order valence-corrected chi connectivity index (χ3v) is 4.56. The Bertz CT molecular complexity index is 538. The number of halogens is 1. The van der Waals surface area contributed by atoms with Crippen molar-refractivity contribution < 1.29 is 0 Å². The minimum atomic E-state index is 0.627. The zero-order chi connectivity index (χ0) is 11.8. The monoisotopic (exact) mass is 292 g/mol. The molecule has 1 fully saturated rings. The topological polar surface area (TPSA) is 27.8 Å². The molecule has 1 aliphatic heterocycles. The highest BCUT2D eigenvalue weighted by atomic mass is 79.9. The molecule has 2 nitrogen and oxygen atoms in total. The smallest absolute Gasteiger partial charge is 0.0468 e. The summed E-state index contributed by atoms with van der Waals surface area (Å²) >= 11 is 3.77. The standard InChI is InChI=1S/C14H17BrN2/c1-2-9-3-4-12-11(7-9)13(15)14(17-12)10-5-6-16-8-10/h3-4,7,10,16-17H,2,5-6,8H2,1H3. The molecule has 0 spiro atoms. The van der Waals surface area contributed by atoms with E-state index in [0.29, 0.717) is 5.92 Å². The lowest BCUT2D eigenvalue weighted by Crippen LogP contribution is -2.08. The summed E-state index contributed by atoms with van der Waals surface area (Å²) in [4.78, 5) is 3.57. The Morgan fingerprint density at radius 1 is 1.41 bits per heavy atom. The summed E-state index contributed by atoms with van der Waals surface area (Å²) in [5.41, 5.74) is 4.00. The molecule has 0 amide bonds. The van der Waals surface area contributed by atoms with Crippen molar-refractivity contribution in [1.82, 2.24) is 10.3 Å². The molecule has 1 aromatic heterocycles. The quantitative estimate of drug-likeness (QED) is 0.870. The van der Waals surface area contributed by atoms with Crippen LogP contribution >= 0.6 is 15.9 Å². The molecule has 2 aromatic rings. The van der Waals surface area contributed by atoms with Crippen molar-refractivity contribution in [2.75, 3.05) is 13.1 Å². The summed E-state index contributed by atoms with van der Waals surface area (Å²) in [5.74, 6) is 0.627. The van der Waals surface area contributed by atoms with E-state index in [1.165, 1.54) is 33.1 Å². The van der Waals surface area contributed by atoms with Gasteiger partial charge in [-0.15, -0.1) is 0 Å². The number of aromatic amines is 1. The van der Waals surface area contributed by atoms with E-state index in [0.717, 1.165) is 19.5 Å². The van der Waals surface area contributed by atoms with Gasteiger partial charge in [0.1, 0.15) is 0 Å². The molecule has 1 aliphatic rings. The van der Waals surface area contributed by atoms with Crippen molar-refractivity contribution >= 4 is 26.8 Å². The van der Waals surface area contributed by atoms with Gasteiger partial charge in [0.2, 0.25) is 0 Å². The molecular weight excluding hydrogens is 276 g/mol. The van der Waals surface area contributed by atoms with E-state index in [1.54, 1.807) is 0 Å². The second kappa shape index (κ2) is 4.46. The molecule has 1 atom stereocenters. The van der Waals surface area contributed by atoms with Crippen molar-refractivity contribution in [2.45, 2.75) is 25.7 Å². The number of fused-ring (bicyclic) bond motifs is 1. The lowest BCUT2D eigenvalue weighted by molar-refractivity contribution is 0.740. The van der Waals surface area contributed by atoms with Crippen LogP contribution in [0.3, 0.4) is 0 Å². The van der Waals surface area contributed by atoms with Gasteiger partial charge in [-0.2, -0.15) is 0 Å². The van der Waals surface area contributed by atoms with Gasteiger partial charge in [0, 0.05) is 33.5 Å². The molecule has 0 radical (unpaired) electrons. The molecule has 17 heavy (non-hydrogen) atoms. The Kier molecular flexibility index (Phi) is 2.97. The highest BCUT2D eigenvalue weighted by Crippen LogP contribution is 2.35. The van der Waals surface area contributed by atoms with Gasteiger partial charge in [-0.05, 0) is 53.0 Å². The van der Waals surface area contributed by atoms with Crippen molar-refractivity contribution in [2.24, 2.45) is 0 Å². The van der Waals surface area contributed by atoms with Gasteiger partial charge in [-0.25, -0.2) is 0 Å². The Morgan fingerprint density at radius 2 is 2.29 bits per heavy atom. The van der Waals surface area contributed by atoms with Gasteiger partial charge in [-0.1, -0.05) is 13.0 Å². The number of aryl methyl sites for hydroxylation is 1. The molecule has 3 heteroatoms. The van der Waals surface area contributed by atoms with Gasteiger partial charge >= 0.3 is 0 Å². The maximum atomic E-state index is 3.77. The molecule has 0 bridgehead atoms. The van der Waals surface area contributed by atoms with Gasteiger partial charge < -0.3 is 10.3 Å². The van der Waals surface area contributed by atoms with Crippen LogP contribution in [0.4, 0.5) is 0 Å². The first-order chi connectivity index (χ1) is 8.29. The fourth-order valence-corrected chi connectivity index (χ4v) is 3.38. The zero-order valence-electron chi connectivity index (χ0n) is 10.0. The molecule has 1 aromatic carbocycles. The van der Waals surface area contributed by atoms with Crippen molar-refractivity contribution in [3.05, 3.63) is 33.9 Å². The van der Waals surface area contributed by atoms with E-state index in [4.69, 9.17) is 0 Å². The molecular formula is C14H17BrN2. The van der Waals surface area contributed by atoms with Gasteiger partial charge in [0.15, 0.2) is 0 Å². The maximum absolute atomic E-state index is 3.77. The Hall–Kier alpha value is -0.800. The fourth-order valence-electron chi connectivity index (χ4n) is 2.63. The molecule has 0 aliphatic carbocycles. The number of nitrogens with one attached hydrogen (secondary N) is 2. The highest BCUT2D eigenvalue weighted by molar-refractivity contribution is 9.10. The van der Waals surface area contributed by atoms with E-state index in [1.807, 2.05) is 0 Å². The number of hydrogen-bond donors (Lipinski definition) is 2. The number of benzene rings is 1. The predicted molar refractivity (Wildman–Crippen MR) is 75.6 cm³/mol. The summed E-state index contributed by atoms with van der Waals surface area (Å²) in [6.07, 6.45) is 2.32. The minimum absolute atomic E-state index is 0.627. The fraction of sp³-hybridized carbons (Fsp3) is 0.429. The Labute approximate surface area is 110 Å². The van der Waals surface area contributed by atoms with Crippen LogP contribution in [-0.2, 0) is 6.42 Å². The normalized spacial score (nSPS) is 20.2. The predicted octanol–water partition coefficient (Wildman–Crippen LogP) is 3.57. The van der Waals surface area contributed by atoms with Crippen LogP contribution in [0.1, 0.15) is 30.5 Å². The zero-order valence-corrected chi connectivity index (χ0v) is 11.6. The van der Waals surface area contributed by atoms with Crippen molar-refractivity contribution in [3.63, 3.8) is 0 Å². The summed E-state index contributed by atoms with van der Waals surface area (Å²) < 4.78 is 1.26. The molecule has 2 N–H and O–H groups in total. The van der Waals surface area contributed by atoms with Crippen LogP contribution in [0.5, 0.6) is 0 Å². The van der Waals surface area contributed by atoms with Crippen LogP contribution in [0.2, 0.25) is 0 Å². The van der Waals surface area contributed by atoms with Crippen LogP contribution in [0.25, 0.3) is 10.9 Å². The van der Waals surface area contributed by atoms with Crippen molar-refractivity contribution in [1.29, 1.82) is 0 Å². The van der Waals surface area contributed by atoms with E-state index >= 15 is 0 Å². The molecule has 1 saturated heterocycles. The molecule has 3 rings (SSSR count). The van der Waals surface area contributed by atoms with E-state index in [2.05, 4.69) is 51.4 Å². The van der Waals surface area contributed by atoms with Crippen LogP contribution in [-0.4, -0.2) is 18.1 Å². The maximum Gasteiger partial charge on any atom is 0.0468 e. The third-order valence-electron chi connectivity index (χ3n) is 3.70. The van der Waals surface area contributed by atoms with E-state index in [-0.39, 0.29) is 0 Å². The molecule has 1 unspecified atom stereocenters. The molecule has 2 heterocycles. The average Bonchev–Trinajstić information content (AvgIpc) is 2.97. The number of rotatable bonds is 2. The van der Waals surface area contributed by atoms with Crippen LogP contribution in [0, 0.1) is 0 Å². The lowest BCUT2D eigenvalue weighted by Gasteiger charge is -2.06. The summed E-state index contributed by atoms with van der Waals surface area (Å²) in [7, 11) is 0. The summed E-state index contributed by atoms with van der Waals surface area (Å²) in [6, 6.07) is 6.70. The Morgan fingerprint density at radius 3 is 3.00 bits per heavy atom. The van der Waals surface area contributed by atoms with Crippen molar-refractivity contribution in [3.8, 4) is 0 Å². The SMILES string of the molecule is CCc1ccc2[nH]c(C3CCNC3)c(Br)c2c1. The third kappa shape index (κ3) is 1.91. The molecule has 90 valence electrons. The van der Waals surface area contributed by atoms with Crippen LogP contribution in [0.15, 0.2) is 22.7 Å². The Balaban J connectivity index is 2.11. The number of aromatic nitrogens is 1. The largest absolute Gasteiger partial charge is 0.357 e. The van der Waals surface area contributed by atoms with Gasteiger partial charge in [0.25, 0.3) is 0 Å². The van der Waals surface area contributed by atoms with Gasteiger partial charge in [0.05, 0.1) is 0 Å². The number of H-pyrrole nitrogens is 1. The van der Waals surface area contributed by atoms with Crippen LogP contribution < -0.4 is 5.32 Å². The number of hydrogen-bond acceptors (Lipinski definition) is 1. The second-order valence-corrected chi connectivity index (χ2v) is 5.57. The van der Waals surface area contributed by atoms with E-state index < -0.39 is 0 Å². The first-order valence-electron chi connectivity index (χ1n) is 6.30. The second-order valence-electron chi connectivity index (χ2n) is 4.78. The minimum Gasteiger partial charge on any atom is -0.357 e. The molecule has 0 saturated carbocycles. The van der Waals surface area contributed by atoms with E-state index in [9.17, 15) is 0 Å². The van der Waals surface area contributed by atoms with Gasteiger partial charge in [-0.3, -0.25) is 0 Å². The lowest BCUT2D eigenvalue weighted by atomic mass is 10.0. The average molecular weight is 293 g/mol.